The fourth-order valence-electron chi connectivity index (χ4n) is 6.00. The molecule has 2 N–H and O–H groups in total. The quantitative estimate of drug-likeness (QED) is 0.263. The smallest absolute Gasteiger partial charge is 0.195 e. The highest BCUT2D eigenvalue weighted by Crippen LogP contribution is 2.34. The average Bonchev–Trinajstić information content (AvgIpc) is 3.69. The lowest BCUT2D eigenvalue weighted by molar-refractivity contribution is -0.0265. The van der Waals surface area contributed by atoms with Gasteiger partial charge in [0, 0.05) is 81.8 Å². The first-order chi connectivity index (χ1) is 20.3. The summed E-state index contributed by atoms with van der Waals surface area (Å²) < 4.78 is 38.0. The minimum atomic E-state index is -1.51. The Hall–Kier alpha value is -3.71. The molecular formula is C30H37F2N9O. The third-order valence-electron chi connectivity index (χ3n) is 8.15. The Morgan fingerprint density at radius 3 is 2.52 bits per heavy atom. The van der Waals surface area contributed by atoms with Crippen LogP contribution in [0.5, 0.6) is 0 Å². The molecule has 3 aromatic heterocycles. The maximum atomic E-state index is 15.0. The van der Waals surface area contributed by atoms with Crippen molar-refractivity contribution in [3.63, 3.8) is 0 Å². The molecular weight excluding hydrogens is 540 g/mol. The average molecular weight is 578 g/mol. The Labute approximate surface area is 244 Å². The lowest BCUT2D eigenvalue weighted by atomic mass is 9.96. The van der Waals surface area contributed by atoms with Crippen LogP contribution in [-0.2, 0) is 10.4 Å². The number of para-hydroxylation sites is 1. The highest BCUT2D eigenvalue weighted by atomic mass is 19.1. The van der Waals surface area contributed by atoms with Crippen LogP contribution in [0.4, 0.5) is 14.6 Å². The standard InChI is InChI=1S/C30H37F2N9O/c1-21-27(22-13-33-29(34-14-22)30(32)18-38(2)19-30)37-41(24-7-5-4-6-8-24)28(21)36-20-35-25-16-39(11-12-42-3)17-26(25)40-10-9-23(31)15-40/h4-10,13-15,25-26,35-36H,11-12,16-20H2,1-3H3/t25-,26-/m1/s1. The number of hydrogen-bond acceptors (Lipinski definition) is 8. The molecule has 0 radical (unpaired) electrons. The number of rotatable bonds is 11. The van der Waals surface area contributed by atoms with Crippen LogP contribution < -0.4 is 10.6 Å². The molecule has 0 unspecified atom stereocenters. The van der Waals surface area contributed by atoms with Gasteiger partial charge in [-0.3, -0.25) is 15.1 Å². The van der Waals surface area contributed by atoms with Crippen molar-refractivity contribution in [2.45, 2.75) is 24.7 Å². The Kier molecular flexibility index (Phi) is 8.04. The Morgan fingerprint density at radius 1 is 1.10 bits per heavy atom. The summed E-state index contributed by atoms with van der Waals surface area (Å²) in [7, 11) is 3.58. The number of nitrogens with one attached hydrogen (secondary N) is 2. The molecule has 4 aromatic rings. The number of aromatic nitrogens is 5. The fourth-order valence-corrected chi connectivity index (χ4v) is 6.00. The SMILES string of the molecule is COCCN1C[C@@H](n2ccc(F)c2)[C@H](NCNc2c(C)c(-c3cnc(C4(F)CN(C)C4)nc3)nn2-c2ccccc2)C1. The maximum absolute atomic E-state index is 15.0. The third-order valence-corrected chi connectivity index (χ3v) is 8.15. The number of hydrogen-bond donors (Lipinski definition) is 2. The summed E-state index contributed by atoms with van der Waals surface area (Å²) in [6, 6.07) is 11.6. The molecule has 0 amide bonds. The normalized spacial score (nSPS) is 20.6. The number of methoxy groups -OCH3 is 1. The van der Waals surface area contributed by atoms with Gasteiger partial charge in [0.25, 0.3) is 0 Å². The number of likely N-dealkylation sites (N-methyl/N-ethyl adjacent to an activating group) is 1. The van der Waals surface area contributed by atoms with E-state index in [1.54, 1.807) is 31.9 Å². The third kappa shape index (κ3) is 5.67. The molecule has 5 heterocycles. The number of nitrogens with zero attached hydrogens (tertiary/aromatic N) is 7. The van der Waals surface area contributed by atoms with Crippen LogP contribution in [-0.4, -0.2) is 100 Å². The predicted molar refractivity (Wildman–Crippen MR) is 157 cm³/mol. The summed E-state index contributed by atoms with van der Waals surface area (Å²) in [5.41, 5.74) is 1.76. The van der Waals surface area contributed by atoms with E-state index in [4.69, 9.17) is 9.84 Å². The number of likely N-dealkylation sites (tertiary alicyclic amines) is 2. The van der Waals surface area contributed by atoms with E-state index in [2.05, 4.69) is 25.5 Å². The van der Waals surface area contributed by atoms with Gasteiger partial charge in [0.1, 0.15) is 17.3 Å². The predicted octanol–water partition coefficient (Wildman–Crippen LogP) is 3.22. The number of alkyl halides is 1. The monoisotopic (exact) mass is 577 g/mol. The van der Waals surface area contributed by atoms with Crippen molar-refractivity contribution >= 4 is 5.82 Å². The summed E-state index contributed by atoms with van der Waals surface area (Å²) in [4.78, 5) is 13.0. The Balaban J connectivity index is 1.22. The molecule has 2 atom stereocenters. The van der Waals surface area contributed by atoms with E-state index < -0.39 is 5.67 Å². The molecule has 2 saturated heterocycles. The zero-order valence-electron chi connectivity index (χ0n) is 24.2. The molecule has 10 nitrogen and oxygen atoms in total. The molecule has 0 spiro atoms. The molecule has 6 rings (SSSR count). The van der Waals surface area contributed by atoms with Gasteiger partial charge < -0.3 is 14.6 Å². The topological polar surface area (TPSA) is 88.3 Å². The second kappa shape index (κ2) is 11.9. The van der Waals surface area contributed by atoms with Crippen molar-refractivity contribution < 1.29 is 13.5 Å². The number of benzene rings is 1. The van der Waals surface area contributed by atoms with Crippen molar-refractivity contribution in [1.29, 1.82) is 0 Å². The molecule has 2 aliphatic heterocycles. The van der Waals surface area contributed by atoms with E-state index in [1.807, 2.05) is 58.5 Å². The van der Waals surface area contributed by atoms with Crippen LogP contribution in [0.25, 0.3) is 16.9 Å². The number of anilines is 1. The van der Waals surface area contributed by atoms with E-state index in [9.17, 15) is 4.39 Å². The lowest BCUT2D eigenvalue weighted by Crippen LogP contribution is -2.55. The van der Waals surface area contributed by atoms with Gasteiger partial charge in [-0.05, 0) is 32.2 Å². The maximum Gasteiger partial charge on any atom is 0.195 e. The van der Waals surface area contributed by atoms with Gasteiger partial charge in [0.15, 0.2) is 11.5 Å². The first-order valence-corrected chi connectivity index (χ1v) is 14.2. The minimum absolute atomic E-state index is 0.0776. The van der Waals surface area contributed by atoms with Crippen molar-refractivity contribution in [2.75, 3.05) is 65.5 Å². The van der Waals surface area contributed by atoms with Crippen molar-refractivity contribution in [3.8, 4) is 16.9 Å². The summed E-state index contributed by atoms with van der Waals surface area (Å²) >= 11 is 0. The van der Waals surface area contributed by atoms with Crippen LogP contribution in [0.3, 0.4) is 0 Å². The summed E-state index contributed by atoms with van der Waals surface area (Å²) in [5.74, 6) is 0.796. The van der Waals surface area contributed by atoms with Crippen molar-refractivity contribution in [3.05, 3.63) is 78.4 Å². The van der Waals surface area contributed by atoms with Gasteiger partial charge >= 0.3 is 0 Å². The molecule has 1 aromatic carbocycles. The van der Waals surface area contributed by atoms with Crippen LogP contribution in [0, 0.1) is 12.7 Å². The second-order valence-electron chi connectivity index (χ2n) is 11.3. The zero-order chi connectivity index (χ0) is 29.3. The summed E-state index contributed by atoms with van der Waals surface area (Å²) in [5, 5.41) is 12.1. The Morgan fingerprint density at radius 2 is 1.86 bits per heavy atom. The number of halogens is 2. The van der Waals surface area contributed by atoms with Gasteiger partial charge in [-0.2, -0.15) is 5.10 Å². The van der Waals surface area contributed by atoms with Gasteiger partial charge in [0.05, 0.1) is 25.0 Å². The van der Waals surface area contributed by atoms with E-state index in [1.165, 1.54) is 6.07 Å². The molecule has 0 aliphatic carbocycles. The van der Waals surface area contributed by atoms with Gasteiger partial charge in [0.2, 0.25) is 0 Å². The molecule has 0 bridgehead atoms. The van der Waals surface area contributed by atoms with E-state index >= 15 is 4.39 Å². The summed E-state index contributed by atoms with van der Waals surface area (Å²) in [6.45, 7) is 6.12. The number of ether oxygens (including phenoxy) is 1. The van der Waals surface area contributed by atoms with E-state index in [0.29, 0.717) is 26.4 Å². The zero-order valence-corrected chi connectivity index (χ0v) is 24.2. The molecule has 0 saturated carbocycles. The fraction of sp³-hybridized carbons (Fsp3) is 0.433. The van der Waals surface area contributed by atoms with Crippen LogP contribution in [0.2, 0.25) is 0 Å². The lowest BCUT2D eigenvalue weighted by Gasteiger charge is -2.40. The first-order valence-electron chi connectivity index (χ1n) is 14.2. The van der Waals surface area contributed by atoms with Crippen molar-refractivity contribution in [1.82, 2.24) is 39.4 Å². The van der Waals surface area contributed by atoms with Gasteiger partial charge in [-0.1, -0.05) is 18.2 Å². The highest BCUT2D eigenvalue weighted by Gasteiger charge is 2.45. The van der Waals surface area contributed by atoms with Crippen molar-refractivity contribution in [2.24, 2.45) is 0 Å². The first kappa shape index (κ1) is 28.4. The second-order valence-corrected chi connectivity index (χ2v) is 11.3. The van der Waals surface area contributed by atoms with E-state index in [-0.39, 0.29) is 23.7 Å². The van der Waals surface area contributed by atoms with E-state index in [0.717, 1.165) is 48.0 Å². The molecule has 2 aliphatic rings. The summed E-state index contributed by atoms with van der Waals surface area (Å²) in [6.07, 6.45) is 6.66. The Bertz CT molecular complexity index is 1480. The van der Waals surface area contributed by atoms with Gasteiger partial charge in [-0.25, -0.2) is 23.4 Å². The molecule has 222 valence electrons. The molecule has 42 heavy (non-hydrogen) atoms. The van der Waals surface area contributed by atoms with Crippen LogP contribution in [0.15, 0.2) is 61.2 Å². The van der Waals surface area contributed by atoms with Gasteiger partial charge in [-0.15, -0.1) is 0 Å². The van der Waals surface area contributed by atoms with Crippen LogP contribution in [0.1, 0.15) is 17.4 Å². The van der Waals surface area contributed by atoms with Crippen LogP contribution >= 0.6 is 0 Å². The minimum Gasteiger partial charge on any atom is -0.383 e. The largest absolute Gasteiger partial charge is 0.383 e. The molecule has 2 fully saturated rings. The highest BCUT2D eigenvalue weighted by molar-refractivity contribution is 5.69. The molecule has 12 heteroatoms.